The van der Waals surface area contributed by atoms with Crippen molar-refractivity contribution in [1.82, 2.24) is 19.6 Å². The highest BCUT2D eigenvalue weighted by Gasteiger charge is 2.40. The number of halogens is 6. The number of aromatic nitrogens is 2. The number of carbonyl (C=O) groups is 1. The van der Waals surface area contributed by atoms with Crippen molar-refractivity contribution in [3.8, 4) is 11.1 Å². The number of hydrogen-bond donors (Lipinski definition) is 0. The third kappa shape index (κ3) is 6.51. The predicted octanol–water partition coefficient (Wildman–Crippen LogP) is 6.34. The first-order chi connectivity index (χ1) is 18.3. The average Bonchev–Trinajstić information content (AvgIpc) is 3.46. The molecule has 1 aliphatic heterocycles. The SMILES string of the molecule is [C-]#[N+]c1cc2c(s1)CN(C(=O)/C=C/CN(C)C)C[C@H]2c1ccccc1-c1cn(CC(F)(F)F)nc1C(F)(F)F. The van der Waals surface area contributed by atoms with Crippen LogP contribution >= 0.6 is 11.3 Å². The van der Waals surface area contributed by atoms with E-state index in [2.05, 4.69) is 9.94 Å². The molecule has 3 aromatic rings. The van der Waals surface area contributed by atoms with Gasteiger partial charge >= 0.3 is 12.4 Å². The van der Waals surface area contributed by atoms with Crippen LogP contribution in [0.25, 0.3) is 16.0 Å². The number of alkyl halides is 6. The summed E-state index contributed by atoms with van der Waals surface area (Å²) in [6.45, 7) is 6.62. The number of likely N-dealkylation sites (N-methyl/N-ethyl adjacent to an activating group) is 1. The predicted molar refractivity (Wildman–Crippen MR) is 134 cm³/mol. The van der Waals surface area contributed by atoms with E-state index in [1.165, 1.54) is 29.5 Å². The number of thiophene rings is 1. The molecule has 1 aliphatic rings. The lowest BCUT2D eigenvalue weighted by molar-refractivity contribution is -0.148. The maximum atomic E-state index is 13.9. The largest absolute Gasteiger partial charge is 0.435 e. The zero-order chi connectivity index (χ0) is 28.5. The van der Waals surface area contributed by atoms with Crippen LogP contribution in [0.3, 0.4) is 0 Å². The Bertz CT molecular complexity index is 1430. The normalized spacial score (nSPS) is 16.1. The molecule has 0 aliphatic carbocycles. The highest BCUT2D eigenvalue weighted by Crippen LogP contribution is 2.45. The minimum atomic E-state index is -5.00. The van der Waals surface area contributed by atoms with E-state index >= 15 is 0 Å². The zero-order valence-electron chi connectivity index (χ0n) is 20.8. The van der Waals surface area contributed by atoms with Gasteiger partial charge in [0.1, 0.15) is 6.54 Å². The molecule has 0 N–H and O–H groups in total. The van der Waals surface area contributed by atoms with E-state index in [4.69, 9.17) is 6.57 Å². The lowest BCUT2D eigenvalue weighted by Crippen LogP contribution is -2.37. The number of fused-ring (bicyclic) bond motifs is 1. The first kappa shape index (κ1) is 28.4. The Kier molecular flexibility index (Phi) is 7.90. The summed E-state index contributed by atoms with van der Waals surface area (Å²) >= 11 is 1.20. The Morgan fingerprint density at radius 3 is 2.54 bits per heavy atom. The standard InChI is InChI=1S/C26H23F6N5OS/c1-33-22-11-18-19(12-36(14-21(18)39-22)23(38)9-6-10-35(2)3)16-7-4-5-8-17(16)20-13-37(15-25(27,28)29)34-24(20)26(30,31)32/h4-9,11,13,19H,10,12,14-15H2,2-3H3/b9-6+/t19-/m0/s1. The van der Waals surface area contributed by atoms with Crippen molar-refractivity contribution in [3.05, 3.63) is 81.8 Å². The molecule has 0 bridgehead atoms. The third-order valence-electron chi connectivity index (χ3n) is 6.09. The van der Waals surface area contributed by atoms with Crippen molar-refractivity contribution in [3.63, 3.8) is 0 Å². The summed E-state index contributed by atoms with van der Waals surface area (Å²) in [6, 6.07) is 7.77. The molecule has 1 atom stereocenters. The first-order valence-electron chi connectivity index (χ1n) is 11.7. The van der Waals surface area contributed by atoms with Crippen LogP contribution < -0.4 is 0 Å². The van der Waals surface area contributed by atoms with Gasteiger partial charge in [-0.25, -0.2) is 4.85 Å². The maximum absolute atomic E-state index is 13.9. The number of benzene rings is 1. The quantitative estimate of drug-likeness (QED) is 0.199. The van der Waals surface area contributed by atoms with Crippen LogP contribution in [0.1, 0.15) is 27.6 Å². The molecule has 0 saturated heterocycles. The van der Waals surface area contributed by atoms with Crippen molar-refractivity contribution >= 4 is 22.2 Å². The van der Waals surface area contributed by atoms with Gasteiger partial charge in [0.25, 0.3) is 0 Å². The number of rotatable bonds is 6. The number of hydrogen-bond acceptors (Lipinski definition) is 4. The van der Waals surface area contributed by atoms with Crippen LogP contribution in [0.4, 0.5) is 31.3 Å². The van der Waals surface area contributed by atoms with E-state index < -0.39 is 36.1 Å². The minimum absolute atomic E-state index is 0.0576. The second-order valence-corrected chi connectivity index (χ2v) is 10.4. The van der Waals surface area contributed by atoms with Crippen molar-refractivity contribution < 1.29 is 31.1 Å². The minimum Gasteiger partial charge on any atom is -0.333 e. The molecule has 0 unspecified atom stereocenters. The zero-order valence-corrected chi connectivity index (χ0v) is 21.7. The first-order valence-corrected chi connectivity index (χ1v) is 12.5. The second kappa shape index (κ2) is 10.9. The van der Waals surface area contributed by atoms with Crippen LogP contribution in [0.2, 0.25) is 0 Å². The topological polar surface area (TPSA) is 45.7 Å². The highest BCUT2D eigenvalue weighted by molar-refractivity contribution is 7.16. The molecular formula is C26H23F6N5OS. The highest BCUT2D eigenvalue weighted by atomic mass is 32.1. The molecule has 4 rings (SSSR count). The Morgan fingerprint density at radius 2 is 1.90 bits per heavy atom. The van der Waals surface area contributed by atoms with Crippen LogP contribution in [-0.4, -0.2) is 58.8 Å². The number of amides is 1. The third-order valence-corrected chi connectivity index (χ3v) is 7.12. The molecular weight excluding hydrogens is 544 g/mol. The summed E-state index contributed by atoms with van der Waals surface area (Å²) < 4.78 is 81.0. The molecule has 0 fully saturated rings. The van der Waals surface area contributed by atoms with Gasteiger partial charge in [0.15, 0.2) is 5.69 Å². The summed E-state index contributed by atoms with van der Waals surface area (Å²) in [5, 5.41) is 3.61. The fourth-order valence-corrected chi connectivity index (χ4v) is 5.52. The average molecular weight is 568 g/mol. The fraction of sp³-hybridized carbons (Fsp3) is 0.346. The van der Waals surface area contributed by atoms with E-state index in [0.29, 0.717) is 22.7 Å². The lowest BCUT2D eigenvalue weighted by Gasteiger charge is -2.34. The van der Waals surface area contributed by atoms with Crippen molar-refractivity contribution in [2.45, 2.75) is 31.4 Å². The van der Waals surface area contributed by atoms with E-state index in [1.807, 2.05) is 19.0 Å². The Hall–Kier alpha value is -3.63. The van der Waals surface area contributed by atoms with Gasteiger partial charge in [-0.3, -0.25) is 9.48 Å². The van der Waals surface area contributed by atoms with E-state index in [0.717, 1.165) is 11.1 Å². The van der Waals surface area contributed by atoms with Gasteiger partial charge in [0, 0.05) is 41.7 Å². The van der Waals surface area contributed by atoms with E-state index in [9.17, 15) is 31.1 Å². The Balaban J connectivity index is 1.82. The van der Waals surface area contributed by atoms with Crippen LogP contribution in [-0.2, 0) is 24.1 Å². The molecule has 206 valence electrons. The van der Waals surface area contributed by atoms with Crippen LogP contribution in [0.5, 0.6) is 0 Å². The fourth-order valence-electron chi connectivity index (χ4n) is 4.50. The van der Waals surface area contributed by atoms with Gasteiger partial charge in [-0.2, -0.15) is 42.8 Å². The molecule has 0 saturated carbocycles. The molecule has 3 heterocycles. The summed E-state index contributed by atoms with van der Waals surface area (Å²) in [5.41, 5.74) is -0.765. The van der Waals surface area contributed by atoms with Crippen molar-refractivity contribution in [1.29, 1.82) is 0 Å². The molecule has 39 heavy (non-hydrogen) atoms. The van der Waals surface area contributed by atoms with Crippen molar-refractivity contribution in [2.24, 2.45) is 0 Å². The van der Waals surface area contributed by atoms with E-state index in [1.54, 1.807) is 29.2 Å². The number of carbonyl (C=O) groups excluding carboxylic acids is 1. The molecule has 1 amide bonds. The summed E-state index contributed by atoms with van der Waals surface area (Å²) in [6.07, 6.45) is -5.89. The smallest absolute Gasteiger partial charge is 0.333 e. The molecule has 1 aromatic carbocycles. The van der Waals surface area contributed by atoms with Gasteiger partial charge in [0.05, 0.1) is 13.1 Å². The molecule has 6 nitrogen and oxygen atoms in total. The summed E-state index contributed by atoms with van der Waals surface area (Å²) in [7, 11) is 3.69. The van der Waals surface area contributed by atoms with Crippen molar-refractivity contribution in [2.75, 3.05) is 27.2 Å². The molecule has 2 aromatic heterocycles. The Morgan fingerprint density at radius 1 is 1.18 bits per heavy atom. The molecule has 0 spiro atoms. The monoisotopic (exact) mass is 567 g/mol. The maximum Gasteiger partial charge on any atom is 0.435 e. The van der Waals surface area contributed by atoms with Gasteiger partial charge in [-0.05, 0) is 36.9 Å². The van der Waals surface area contributed by atoms with Gasteiger partial charge in [-0.15, -0.1) is 0 Å². The molecule has 13 heteroatoms. The molecule has 0 radical (unpaired) electrons. The Labute approximate surface area is 224 Å². The van der Waals surface area contributed by atoms with Crippen LogP contribution in [0.15, 0.2) is 48.7 Å². The second-order valence-electron chi connectivity index (χ2n) is 9.30. The van der Waals surface area contributed by atoms with Gasteiger partial charge in [-0.1, -0.05) is 30.3 Å². The lowest BCUT2D eigenvalue weighted by atomic mass is 9.84. The van der Waals surface area contributed by atoms with E-state index in [-0.39, 0.29) is 29.2 Å². The number of nitrogens with zero attached hydrogens (tertiary/aromatic N) is 5. The van der Waals surface area contributed by atoms with Gasteiger partial charge in [0.2, 0.25) is 10.9 Å². The summed E-state index contributed by atoms with van der Waals surface area (Å²) in [4.78, 5) is 20.7. The summed E-state index contributed by atoms with van der Waals surface area (Å²) in [5.74, 6) is -0.910. The van der Waals surface area contributed by atoms with Crippen LogP contribution in [0, 0.1) is 6.57 Å². The van der Waals surface area contributed by atoms with Gasteiger partial charge < -0.3 is 9.80 Å².